The van der Waals surface area contributed by atoms with Gasteiger partial charge in [-0.2, -0.15) is 0 Å². The maximum absolute atomic E-state index is 13.9. The molecule has 1 saturated heterocycles. The molecule has 1 amide bonds. The van der Waals surface area contributed by atoms with Crippen LogP contribution in [0.4, 0.5) is 5.69 Å². The number of anilines is 1. The molecule has 3 aromatic carbocycles. The zero-order valence-corrected chi connectivity index (χ0v) is 27.3. The van der Waals surface area contributed by atoms with Gasteiger partial charge in [-0.25, -0.2) is 0 Å². The number of nitrogens with zero attached hydrogens (tertiary/aromatic N) is 1. The Labute approximate surface area is 263 Å². The van der Waals surface area contributed by atoms with E-state index in [4.69, 9.17) is 9.47 Å². The van der Waals surface area contributed by atoms with Gasteiger partial charge in [0, 0.05) is 16.2 Å². The summed E-state index contributed by atoms with van der Waals surface area (Å²) in [7, 11) is 0. The number of hydrogen-bond acceptors (Lipinski definition) is 5. The Morgan fingerprint density at radius 1 is 1.07 bits per heavy atom. The lowest BCUT2D eigenvalue weighted by atomic mass is 9.85. The maximum Gasteiger partial charge on any atom is 0.262 e. The highest BCUT2D eigenvalue weighted by Crippen LogP contribution is 2.43. The van der Waals surface area contributed by atoms with Crippen LogP contribution in [0.15, 0.2) is 76.1 Å². The summed E-state index contributed by atoms with van der Waals surface area (Å²) in [5.41, 5.74) is 2.87. The SMILES string of the molecule is CCOc1cc(/C=C2\SC(Nc3ccccc3)N([C@@H]3CCCC[C@H]3C)C2=O)cc(I)c1OCc1ccc(Br)cc1. The van der Waals surface area contributed by atoms with Crippen molar-refractivity contribution in [3.8, 4) is 11.5 Å². The summed E-state index contributed by atoms with van der Waals surface area (Å²) >= 11 is 7.38. The number of ether oxygens (including phenoxy) is 2. The van der Waals surface area contributed by atoms with Crippen molar-refractivity contribution in [2.75, 3.05) is 11.9 Å². The van der Waals surface area contributed by atoms with E-state index in [0.29, 0.717) is 24.9 Å². The second-order valence-electron chi connectivity index (χ2n) is 10.2. The largest absolute Gasteiger partial charge is 0.490 e. The molecule has 5 nitrogen and oxygen atoms in total. The second kappa shape index (κ2) is 13.7. The fourth-order valence-corrected chi connectivity index (χ4v) is 7.59. The Balaban J connectivity index is 1.42. The number of benzene rings is 3. The zero-order valence-electron chi connectivity index (χ0n) is 22.7. The van der Waals surface area contributed by atoms with Crippen LogP contribution in [-0.4, -0.2) is 29.0 Å². The van der Waals surface area contributed by atoms with E-state index in [-0.39, 0.29) is 17.4 Å². The van der Waals surface area contributed by atoms with E-state index in [1.807, 2.05) is 61.5 Å². The van der Waals surface area contributed by atoms with E-state index in [9.17, 15) is 4.79 Å². The number of nitrogens with one attached hydrogen (secondary N) is 1. The number of carbonyl (C=O) groups is 1. The van der Waals surface area contributed by atoms with Crippen LogP contribution >= 0.6 is 50.3 Å². The molecule has 1 saturated carbocycles. The van der Waals surface area contributed by atoms with Crippen LogP contribution in [0.2, 0.25) is 0 Å². The van der Waals surface area contributed by atoms with Crippen molar-refractivity contribution in [3.63, 3.8) is 0 Å². The van der Waals surface area contributed by atoms with Gasteiger partial charge < -0.3 is 19.7 Å². The first-order valence-corrected chi connectivity index (χ1v) is 16.5. The summed E-state index contributed by atoms with van der Waals surface area (Å²) in [6.07, 6.45) is 6.61. The number of rotatable bonds is 9. The smallest absolute Gasteiger partial charge is 0.262 e. The third kappa shape index (κ3) is 6.99. The lowest BCUT2D eigenvalue weighted by Crippen LogP contribution is -2.48. The van der Waals surface area contributed by atoms with Gasteiger partial charge in [-0.3, -0.25) is 4.79 Å². The Hall–Kier alpha value is -2.17. The molecule has 5 rings (SSSR count). The van der Waals surface area contributed by atoms with Gasteiger partial charge in [-0.15, -0.1) is 0 Å². The number of halogens is 2. The standard InChI is InChI=1S/C32H34BrIN2O3S/c1-3-38-28-18-23(17-26(34)30(28)39-20-22-13-15-24(33)16-14-22)19-29-31(37)36(27-12-8-7-9-21(27)2)32(40-29)35-25-10-5-4-6-11-25/h4-6,10-11,13-19,21,27,32,35H,3,7-9,12,20H2,1-2H3/b29-19-/t21-,27-,32?/m1/s1. The molecule has 0 radical (unpaired) electrons. The van der Waals surface area contributed by atoms with Gasteiger partial charge in [0.05, 0.1) is 15.1 Å². The third-order valence-electron chi connectivity index (χ3n) is 7.35. The van der Waals surface area contributed by atoms with Crippen molar-refractivity contribution in [2.24, 2.45) is 5.92 Å². The van der Waals surface area contributed by atoms with Crippen molar-refractivity contribution in [1.82, 2.24) is 4.90 Å². The van der Waals surface area contributed by atoms with E-state index in [1.54, 1.807) is 11.8 Å². The highest BCUT2D eigenvalue weighted by atomic mass is 127. The molecule has 1 aliphatic heterocycles. The topological polar surface area (TPSA) is 50.8 Å². The monoisotopic (exact) mass is 732 g/mol. The Bertz CT molecular complexity index is 1350. The molecule has 0 bridgehead atoms. The average Bonchev–Trinajstić information content (AvgIpc) is 3.24. The van der Waals surface area contributed by atoms with Gasteiger partial charge in [-0.1, -0.05) is 77.8 Å². The molecular weight excluding hydrogens is 699 g/mol. The fraction of sp³-hybridized carbons (Fsp3) is 0.344. The molecule has 0 aromatic heterocycles. The van der Waals surface area contributed by atoms with E-state index in [2.05, 4.69) is 73.9 Å². The van der Waals surface area contributed by atoms with Crippen LogP contribution in [0.25, 0.3) is 6.08 Å². The maximum atomic E-state index is 13.9. The number of thioether (sulfide) groups is 1. The quantitative estimate of drug-likeness (QED) is 0.176. The van der Waals surface area contributed by atoms with Crippen LogP contribution < -0.4 is 14.8 Å². The molecule has 1 aliphatic carbocycles. The zero-order chi connectivity index (χ0) is 28.1. The second-order valence-corrected chi connectivity index (χ2v) is 13.4. The fourth-order valence-electron chi connectivity index (χ4n) is 5.33. The predicted molar refractivity (Wildman–Crippen MR) is 176 cm³/mol. The van der Waals surface area contributed by atoms with Crippen molar-refractivity contribution in [2.45, 2.75) is 57.7 Å². The van der Waals surface area contributed by atoms with Gasteiger partial charge in [0.2, 0.25) is 0 Å². The van der Waals surface area contributed by atoms with Crippen molar-refractivity contribution >= 4 is 68.0 Å². The Morgan fingerprint density at radius 2 is 1.82 bits per heavy atom. The summed E-state index contributed by atoms with van der Waals surface area (Å²) in [5, 5.41) is 3.62. The normalized spacial score (nSPS) is 22.0. The van der Waals surface area contributed by atoms with Crippen molar-refractivity contribution in [1.29, 1.82) is 0 Å². The molecule has 0 spiro atoms. The first kappa shape index (κ1) is 29.3. The van der Waals surface area contributed by atoms with Crippen molar-refractivity contribution < 1.29 is 14.3 Å². The molecule has 8 heteroatoms. The lowest BCUT2D eigenvalue weighted by molar-refractivity contribution is -0.129. The van der Waals surface area contributed by atoms with E-state index in [1.165, 1.54) is 6.42 Å². The molecule has 210 valence electrons. The molecule has 1 N–H and O–H groups in total. The van der Waals surface area contributed by atoms with Gasteiger partial charge in [0.25, 0.3) is 5.91 Å². The summed E-state index contributed by atoms with van der Waals surface area (Å²) in [4.78, 5) is 16.8. The Morgan fingerprint density at radius 3 is 2.55 bits per heavy atom. The number of para-hydroxylation sites is 1. The third-order valence-corrected chi connectivity index (χ3v) is 9.79. The average molecular weight is 734 g/mol. The minimum Gasteiger partial charge on any atom is -0.490 e. The predicted octanol–water partition coefficient (Wildman–Crippen LogP) is 8.92. The van der Waals surface area contributed by atoms with Crippen LogP contribution in [0.1, 0.15) is 50.7 Å². The highest BCUT2D eigenvalue weighted by molar-refractivity contribution is 14.1. The molecule has 2 aliphatic rings. The first-order valence-electron chi connectivity index (χ1n) is 13.8. The first-order chi connectivity index (χ1) is 19.4. The summed E-state index contributed by atoms with van der Waals surface area (Å²) < 4.78 is 14.2. The summed E-state index contributed by atoms with van der Waals surface area (Å²) in [6, 6.07) is 22.5. The van der Waals surface area contributed by atoms with E-state index < -0.39 is 0 Å². The number of hydrogen-bond donors (Lipinski definition) is 1. The van der Waals surface area contributed by atoms with Gasteiger partial charge in [0.1, 0.15) is 6.61 Å². The molecular formula is C32H34BrIN2O3S. The van der Waals surface area contributed by atoms with Gasteiger partial charge >= 0.3 is 0 Å². The van der Waals surface area contributed by atoms with Crippen LogP contribution in [0.5, 0.6) is 11.5 Å². The number of carbonyl (C=O) groups excluding carboxylic acids is 1. The molecule has 1 heterocycles. The summed E-state index contributed by atoms with van der Waals surface area (Å²) in [5.74, 6) is 1.98. The minimum absolute atomic E-state index is 0.0979. The van der Waals surface area contributed by atoms with E-state index >= 15 is 0 Å². The van der Waals surface area contributed by atoms with Crippen molar-refractivity contribution in [3.05, 3.63) is 90.8 Å². The highest BCUT2D eigenvalue weighted by Gasteiger charge is 2.43. The van der Waals surface area contributed by atoms with Crippen LogP contribution in [0, 0.1) is 9.49 Å². The van der Waals surface area contributed by atoms with Gasteiger partial charge in [0.15, 0.2) is 17.0 Å². The van der Waals surface area contributed by atoms with Crippen LogP contribution in [0.3, 0.4) is 0 Å². The molecule has 3 aromatic rings. The molecule has 1 unspecified atom stereocenters. The Kier molecular flexibility index (Phi) is 10.0. The van der Waals surface area contributed by atoms with E-state index in [0.717, 1.165) is 54.8 Å². The van der Waals surface area contributed by atoms with Gasteiger partial charge in [-0.05, 0) is 102 Å². The summed E-state index contributed by atoms with van der Waals surface area (Å²) in [6.45, 7) is 5.22. The molecule has 3 atom stereocenters. The molecule has 40 heavy (non-hydrogen) atoms. The molecule has 2 fully saturated rings. The lowest BCUT2D eigenvalue weighted by Gasteiger charge is -2.39. The number of amides is 1. The minimum atomic E-state index is -0.148. The van der Waals surface area contributed by atoms with Crippen LogP contribution in [-0.2, 0) is 11.4 Å².